The van der Waals surface area contributed by atoms with Crippen molar-refractivity contribution in [3.63, 3.8) is 0 Å². The molecule has 2 aliphatic rings. The van der Waals surface area contributed by atoms with Crippen LogP contribution in [-0.4, -0.2) is 6.71 Å². The Morgan fingerprint density at radius 2 is 0.803 bits per heavy atom. The van der Waals surface area contributed by atoms with Crippen LogP contribution in [0.5, 0.6) is 23.0 Å². The molecule has 2 aliphatic heterocycles. The van der Waals surface area contributed by atoms with Gasteiger partial charge in [0.1, 0.15) is 23.0 Å². The number of benzene rings is 10. The number of ether oxygens (including phenoxy) is 2. The van der Waals surface area contributed by atoms with Crippen molar-refractivity contribution in [2.75, 3.05) is 0 Å². The minimum absolute atomic E-state index is 0.00867. The first kappa shape index (κ1) is 39.9. The topological polar surface area (TPSA) is 18.5 Å². The van der Waals surface area contributed by atoms with Crippen LogP contribution in [0.25, 0.3) is 66.1 Å². The van der Waals surface area contributed by atoms with E-state index in [0.29, 0.717) is 0 Å². The van der Waals surface area contributed by atoms with Gasteiger partial charge in [0.05, 0.1) is 0 Å². The van der Waals surface area contributed by atoms with Gasteiger partial charge >= 0.3 is 0 Å². The molecule has 0 fully saturated rings. The van der Waals surface area contributed by atoms with Gasteiger partial charge in [-0.25, -0.2) is 0 Å². The molecule has 0 amide bonds. The van der Waals surface area contributed by atoms with Gasteiger partial charge in [-0.05, 0) is 142 Å². The van der Waals surface area contributed by atoms with Gasteiger partial charge < -0.3 is 9.47 Å². The molecule has 10 aromatic rings. The van der Waals surface area contributed by atoms with Crippen molar-refractivity contribution in [3.05, 3.63) is 223 Å². The van der Waals surface area contributed by atoms with Gasteiger partial charge in [-0.2, -0.15) is 0 Å². The molecule has 0 saturated heterocycles. The van der Waals surface area contributed by atoms with E-state index in [4.69, 9.17) is 9.47 Å². The van der Waals surface area contributed by atoms with Crippen LogP contribution in [0, 0.1) is 0 Å². The van der Waals surface area contributed by atoms with Crippen molar-refractivity contribution in [3.8, 4) is 67.5 Å². The summed E-state index contributed by atoms with van der Waals surface area (Å²) in [5.74, 6) is 3.42. The standard InChI is InChI=1S/C63H49BO2/c1-62(2,3)47-24-18-21-41(36-47)42-33-43(35-45(34-42)60-51-27-14-12-25-49(51)59(40-19-8-6-9-20-40)50-26-13-15-28-52(50)60)44-37-57-61-58(38-44)66-56-39-48(63(4,5)46-22-10-7-11-23-46)31-32-54(56)64(61)53-29-16-17-30-55(53)65-57/h6-39H,1-5H3. The Kier molecular flexibility index (Phi) is 9.23. The highest BCUT2D eigenvalue weighted by atomic mass is 16.5. The lowest BCUT2D eigenvalue weighted by Gasteiger charge is -2.34. The van der Waals surface area contributed by atoms with Crippen molar-refractivity contribution in [2.45, 2.75) is 45.4 Å². The Hall–Kier alpha value is -7.62. The van der Waals surface area contributed by atoms with Crippen LogP contribution in [0.2, 0.25) is 0 Å². The largest absolute Gasteiger partial charge is 0.458 e. The highest BCUT2D eigenvalue weighted by molar-refractivity contribution is 6.98. The van der Waals surface area contributed by atoms with E-state index < -0.39 is 0 Å². The quantitative estimate of drug-likeness (QED) is 0.123. The lowest BCUT2D eigenvalue weighted by molar-refractivity contribution is 0.463. The average molecular weight is 849 g/mol. The van der Waals surface area contributed by atoms with E-state index in [1.807, 2.05) is 0 Å². The number of fused-ring (bicyclic) bond motifs is 6. The molecule has 316 valence electrons. The van der Waals surface area contributed by atoms with Gasteiger partial charge in [-0.1, -0.05) is 198 Å². The molecule has 2 nitrogen and oxygen atoms in total. The summed E-state index contributed by atoms with van der Waals surface area (Å²) in [5, 5.41) is 4.91. The molecule has 0 N–H and O–H groups in total. The summed E-state index contributed by atoms with van der Waals surface area (Å²) in [4.78, 5) is 0. The fourth-order valence-corrected chi connectivity index (χ4v) is 10.6. The smallest absolute Gasteiger partial charge is 0.260 e. The molecule has 10 aromatic carbocycles. The number of rotatable bonds is 6. The summed E-state index contributed by atoms with van der Waals surface area (Å²) in [5.41, 5.74) is 16.2. The number of para-hydroxylation sites is 1. The van der Waals surface area contributed by atoms with Crippen molar-refractivity contribution < 1.29 is 9.47 Å². The van der Waals surface area contributed by atoms with E-state index in [-0.39, 0.29) is 17.5 Å². The normalized spacial score (nSPS) is 12.8. The maximum Gasteiger partial charge on any atom is 0.260 e. The van der Waals surface area contributed by atoms with Crippen LogP contribution < -0.4 is 25.9 Å². The van der Waals surface area contributed by atoms with E-state index in [2.05, 4.69) is 241 Å². The summed E-state index contributed by atoms with van der Waals surface area (Å²) in [6, 6.07) is 75.5. The highest BCUT2D eigenvalue weighted by Gasteiger charge is 2.41. The lowest BCUT2D eigenvalue weighted by Crippen LogP contribution is -2.57. The Labute approximate surface area is 388 Å². The second-order valence-electron chi connectivity index (χ2n) is 19.6. The van der Waals surface area contributed by atoms with E-state index in [0.717, 1.165) is 61.6 Å². The van der Waals surface area contributed by atoms with E-state index in [1.54, 1.807) is 0 Å². The lowest BCUT2D eigenvalue weighted by atomic mass is 9.34. The van der Waals surface area contributed by atoms with Crippen LogP contribution >= 0.6 is 0 Å². The number of hydrogen-bond donors (Lipinski definition) is 0. The predicted molar refractivity (Wildman–Crippen MR) is 278 cm³/mol. The fourth-order valence-electron chi connectivity index (χ4n) is 10.6. The molecule has 0 aromatic heterocycles. The predicted octanol–water partition coefficient (Wildman–Crippen LogP) is 15.0. The zero-order valence-corrected chi connectivity index (χ0v) is 38.0. The molecule has 2 heterocycles. The Morgan fingerprint density at radius 3 is 1.45 bits per heavy atom. The first-order chi connectivity index (χ1) is 32.1. The first-order valence-electron chi connectivity index (χ1n) is 23.2. The first-order valence-corrected chi connectivity index (χ1v) is 23.2. The molecular formula is C63H49BO2. The van der Waals surface area contributed by atoms with Gasteiger partial charge in [-0.3, -0.25) is 0 Å². The van der Waals surface area contributed by atoms with Gasteiger partial charge in [0.15, 0.2) is 0 Å². The van der Waals surface area contributed by atoms with Crippen LogP contribution in [0.3, 0.4) is 0 Å². The van der Waals surface area contributed by atoms with Gasteiger partial charge in [-0.15, -0.1) is 0 Å². The Morgan fingerprint density at radius 1 is 0.318 bits per heavy atom. The van der Waals surface area contributed by atoms with Crippen LogP contribution in [-0.2, 0) is 10.8 Å². The summed E-state index contributed by atoms with van der Waals surface area (Å²) < 4.78 is 14.1. The minimum Gasteiger partial charge on any atom is -0.458 e. The molecule has 0 unspecified atom stereocenters. The van der Waals surface area contributed by atoms with E-state index in [9.17, 15) is 0 Å². The Bertz CT molecular complexity index is 3490. The molecule has 0 atom stereocenters. The molecule has 0 radical (unpaired) electrons. The summed E-state index contributed by atoms with van der Waals surface area (Å²) in [7, 11) is 0. The zero-order valence-electron chi connectivity index (χ0n) is 38.0. The van der Waals surface area contributed by atoms with Gasteiger partial charge in [0, 0.05) is 10.9 Å². The zero-order chi connectivity index (χ0) is 44.7. The third-order valence-electron chi connectivity index (χ3n) is 14.2. The molecule has 0 aliphatic carbocycles. The SMILES string of the molecule is CC(C)(C)c1cccc(-c2cc(-c3cc4c5c(c3)Oc3cc(C(C)(C)c6ccccc6)ccc3B5c3ccccc3O4)cc(-c3c4ccccc4c(-c4ccccc4)c4ccccc34)c2)c1. The molecule has 3 heteroatoms. The molecular weight excluding hydrogens is 800 g/mol. The summed E-state index contributed by atoms with van der Waals surface area (Å²) in [6.45, 7) is 11.4. The Balaban J connectivity index is 1.09. The average Bonchev–Trinajstić information content (AvgIpc) is 3.35. The summed E-state index contributed by atoms with van der Waals surface area (Å²) in [6.07, 6.45) is 0. The van der Waals surface area contributed by atoms with Gasteiger partial charge in [0.25, 0.3) is 6.71 Å². The van der Waals surface area contributed by atoms with Crippen LogP contribution in [0.4, 0.5) is 0 Å². The third kappa shape index (κ3) is 6.56. The fraction of sp³-hybridized carbons (Fsp3) is 0.111. The molecule has 0 saturated carbocycles. The molecule has 12 rings (SSSR count). The second kappa shape index (κ2) is 15.2. The molecule has 0 spiro atoms. The summed E-state index contributed by atoms with van der Waals surface area (Å²) >= 11 is 0. The van der Waals surface area contributed by atoms with Crippen molar-refractivity contribution in [1.82, 2.24) is 0 Å². The van der Waals surface area contributed by atoms with Crippen molar-refractivity contribution in [1.29, 1.82) is 0 Å². The minimum atomic E-state index is -0.227. The molecule has 0 bridgehead atoms. The molecule has 66 heavy (non-hydrogen) atoms. The highest BCUT2D eigenvalue weighted by Crippen LogP contribution is 2.47. The van der Waals surface area contributed by atoms with Crippen molar-refractivity contribution in [2.24, 2.45) is 0 Å². The van der Waals surface area contributed by atoms with Gasteiger partial charge in [0.2, 0.25) is 0 Å². The number of hydrogen-bond acceptors (Lipinski definition) is 2. The van der Waals surface area contributed by atoms with E-state index >= 15 is 0 Å². The monoisotopic (exact) mass is 848 g/mol. The maximum atomic E-state index is 7.15. The third-order valence-corrected chi connectivity index (χ3v) is 14.2. The van der Waals surface area contributed by atoms with Crippen molar-refractivity contribution >= 4 is 44.6 Å². The van der Waals surface area contributed by atoms with Crippen LogP contribution in [0.15, 0.2) is 206 Å². The maximum absolute atomic E-state index is 7.15. The van der Waals surface area contributed by atoms with Crippen LogP contribution in [0.1, 0.15) is 51.3 Å². The van der Waals surface area contributed by atoms with E-state index in [1.165, 1.54) is 60.5 Å². The second-order valence-corrected chi connectivity index (χ2v) is 19.6.